The molecule has 2 aromatic rings. The third-order valence-corrected chi connectivity index (χ3v) is 5.04. The van der Waals surface area contributed by atoms with Gasteiger partial charge in [0.05, 0.1) is 18.2 Å². The van der Waals surface area contributed by atoms with E-state index < -0.39 is 0 Å². The molecule has 0 fully saturated rings. The minimum Gasteiger partial charge on any atom is -0.377 e. The van der Waals surface area contributed by atoms with Crippen molar-refractivity contribution in [3.63, 3.8) is 0 Å². The zero-order chi connectivity index (χ0) is 18.6. The van der Waals surface area contributed by atoms with Crippen molar-refractivity contribution in [2.75, 3.05) is 19.7 Å². The molecule has 0 radical (unpaired) electrons. The first-order valence-electron chi connectivity index (χ1n) is 9.36. The summed E-state index contributed by atoms with van der Waals surface area (Å²) in [7, 11) is 0. The number of thiazole rings is 1. The second-order valence-electron chi connectivity index (χ2n) is 5.90. The fraction of sp³-hybridized carbons (Fsp3) is 0.500. The number of nitrogens with zero attached hydrogens (tertiary/aromatic N) is 2. The molecule has 2 N–H and O–H groups in total. The first kappa shape index (κ1) is 23.8. The van der Waals surface area contributed by atoms with E-state index in [1.54, 1.807) is 11.3 Å². The van der Waals surface area contributed by atoms with E-state index in [1.807, 2.05) is 13.1 Å². The minimum atomic E-state index is 0. The molecule has 0 bridgehead atoms. The Morgan fingerprint density at radius 3 is 2.48 bits per heavy atom. The molecular weight excluding hydrogens is 471 g/mol. The van der Waals surface area contributed by atoms with Crippen LogP contribution in [0.1, 0.15) is 41.8 Å². The molecule has 0 saturated carbocycles. The summed E-state index contributed by atoms with van der Waals surface area (Å²) in [4.78, 5) is 10.5. The number of benzene rings is 1. The molecule has 0 amide bonds. The second kappa shape index (κ2) is 13.9. The molecule has 0 spiro atoms. The molecule has 1 aromatic heterocycles. The highest BCUT2D eigenvalue weighted by atomic mass is 127. The van der Waals surface area contributed by atoms with Gasteiger partial charge in [0.25, 0.3) is 0 Å². The Labute approximate surface area is 184 Å². The smallest absolute Gasteiger partial charge is 0.191 e. The third-order valence-electron chi connectivity index (χ3n) is 3.84. The molecular formula is C20H31IN4OS. The summed E-state index contributed by atoms with van der Waals surface area (Å²) in [5, 5.41) is 7.86. The molecule has 27 heavy (non-hydrogen) atoms. The van der Waals surface area contributed by atoms with Crippen molar-refractivity contribution < 1.29 is 4.74 Å². The first-order chi connectivity index (χ1) is 12.7. The van der Waals surface area contributed by atoms with Crippen LogP contribution in [0.2, 0.25) is 0 Å². The summed E-state index contributed by atoms with van der Waals surface area (Å²) in [6, 6.07) is 8.44. The lowest BCUT2D eigenvalue weighted by atomic mass is 10.1. The Morgan fingerprint density at radius 1 is 1.11 bits per heavy atom. The predicted octanol–water partition coefficient (Wildman–Crippen LogP) is 4.16. The lowest BCUT2D eigenvalue weighted by molar-refractivity contribution is 0.134. The van der Waals surface area contributed by atoms with Crippen LogP contribution in [0.3, 0.4) is 0 Å². The highest BCUT2D eigenvalue weighted by Crippen LogP contribution is 2.13. The van der Waals surface area contributed by atoms with Crippen molar-refractivity contribution in [3.8, 4) is 0 Å². The van der Waals surface area contributed by atoms with Gasteiger partial charge in [-0.25, -0.2) is 9.98 Å². The minimum absolute atomic E-state index is 0. The number of aromatic nitrogens is 1. The number of rotatable bonds is 10. The van der Waals surface area contributed by atoms with E-state index in [4.69, 9.17) is 4.74 Å². The van der Waals surface area contributed by atoms with E-state index in [0.717, 1.165) is 38.5 Å². The van der Waals surface area contributed by atoms with Crippen LogP contribution in [-0.2, 0) is 30.7 Å². The van der Waals surface area contributed by atoms with E-state index in [9.17, 15) is 0 Å². The Hall–Kier alpha value is -1.19. The van der Waals surface area contributed by atoms with Crippen molar-refractivity contribution in [1.82, 2.24) is 15.6 Å². The van der Waals surface area contributed by atoms with Crippen LogP contribution in [0.4, 0.5) is 0 Å². The average molecular weight is 502 g/mol. The lowest BCUT2D eigenvalue weighted by Gasteiger charge is -2.11. The van der Waals surface area contributed by atoms with Gasteiger partial charge in [-0.2, -0.15) is 0 Å². The largest absolute Gasteiger partial charge is 0.377 e. The van der Waals surface area contributed by atoms with E-state index in [2.05, 4.69) is 58.7 Å². The Balaban J connectivity index is 0.00000364. The van der Waals surface area contributed by atoms with E-state index in [1.165, 1.54) is 21.0 Å². The maximum Gasteiger partial charge on any atom is 0.191 e. The molecule has 0 aliphatic carbocycles. The van der Waals surface area contributed by atoms with Gasteiger partial charge in [0, 0.05) is 37.2 Å². The molecule has 0 saturated heterocycles. The van der Waals surface area contributed by atoms with Crippen LogP contribution in [0.25, 0.3) is 0 Å². The number of ether oxygens (including phenoxy) is 1. The molecule has 7 heteroatoms. The SMILES string of the molecule is CCNC(=NCc1ccc(COCC)cc1)NCCc1ncc(CC)s1.I. The van der Waals surface area contributed by atoms with Gasteiger partial charge in [-0.15, -0.1) is 35.3 Å². The molecule has 0 aliphatic heterocycles. The Bertz CT molecular complexity index is 673. The lowest BCUT2D eigenvalue weighted by Crippen LogP contribution is -2.38. The average Bonchev–Trinajstić information content (AvgIpc) is 3.13. The molecule has 1 aromatic carbocycles. The van der Waals surface area contributed by atoms with Crippen LogP contribution in [0.5, 0.6) is 0 Å². The standard InChI is InChI=1S/C20H30N4OS.HI/c1-4-18-14-23-19(26-18)11-12-22-20(21-5-2)24-13-16-7-9-17(10-8-16)15-25-6-3;/h7-10,14H,4-6,11-13,15H2,1-3H3,(H2,21,22,24);1H. The third kappa shape index (κ3) is 9.03. The van der Waals surface area contributed by atoms with Crippen LogP contribution < -0.4 is 10.6 Å². The number of aryl methyl sites for hydroxylation is 1. The van der Waals surface area contributed by atoms with Gasteiger partial charge in [0.1, 0.15) is 0 Å². The molecule has 0 unspecified atom stereocenters. The highest BCUT2D eigenvalue weighted by molar-refractivity contribution is 14.0. The maximum absolute atomic E-state index is 5.43. The molecule has 2 rings (SSSR count). The summed E-state index contributed by atoms with van der Waals surface area (Å²) < 4.78 is 5.43. The maximum atomic E-state index is 5.43. The monoisotopic (exact) mass is 502 g/mol. The van der Waals surface area contributed by atoms with Gasteiger partial charge in [-0.05, 0) is 31.4 Å². The fourth-order valence-electron chi connectivity index (χ4n) is 2.39. The number of hydrogen-bond donors (Lipinski definition) is 2. The molecule has 150 valence electrons. The first-order valence-corrected chi connectivity index (χ1v) is 10.2. The van der Waals surface area contributed by atoms with E-state index in [0.29, 0.717) is 13.2 Å². The summed E-state index contributed by atoms with van der Waals surface area (Å²) in [6.45, 7) is 9.98. The normalized spacial score (nSPS) is 11.1. The van der Waals surface area contributed by atoms with Gasteiger partial charge in [0.2, 0.25) is 0 Å². The van der Waals surface area contributed by atoms with Gasteiger partial charge < -0.3 is 15.4 Å². The van der Waals surface area contributed by atoms with Crippen molar-refractivity contribution in [3.05, 3.63) is 51.5 Å². The topological polar surface area (TPSA) is 58.5 Å². The van der Waals surface area contributed by atoms with Gasteiger partial charge in [0.15, 0.2) is 5.96 Å². The quantitative estimate of drug-likeness (QED) is 0.291. The summed E-state index contributed by atoms with van der Waals surface area (Å²) in [5.74, 6) is 0.846. The fourth-order valence-corrected chi connectivity index (χ4v) is 3.25. The summed E-state index contributed by atoms with van der Waals surface area (Å²) in [6.07, 6.45) is 3.95. The summed E-state index contributed by atoms with van der Waals surface area (Å²) in [5.41, 5.74) is 2.38. The number of guanidine groups is 1. The van der Waals surface area contributed by atoms with E-state index >= 15 is 0 Å². The van der Waals surface area contributed by atoms with Crippen molar-refractivity contribution >= 4 is 41.3 Å². The molecule has 5 nitrogen and oxygen atoms in total. The second-order valence-corrected chi connectivity index (χ2v) is 7.10. The van der Waals surface area contributed by atoms with Crippen LogP contribution in [0.15, 0.2) is 35.5 Å². The number of hydrogen-bond acceptors (Lipinski definition) is 4. The van der Waals surface area contributed by atoms with Crippen molar-refractivity contribution in [2.24, 2.45) is 4.99 Å². The Morgan fingerprint density at radius 2 is 1.85 bits per heavy atom. The van der Waals surface area contributed by atoms with Crippen molar-refractivity contribution in [1.29, 1.82) is 0 Å². The van der Waals surface area contributed by atoms with Crippen LogP contribution >= 0.6 is 35.3 Å². The molecule has 0 aliphatic rings. The van der Waals surface area contributed by atoms with Gasteiger partial charge in [-0.1, -0.05) is 31.2 Å². The van der Waals surface area contributed by atoms with E-state index in [-0.39, 0.29) is 24.0 Å². The summed E-state index contributed by atoms with van der Waals surface area (Å²) >= 11 is 1.79. The highest BCUT2D eigenvalue weighted by Gasteiger charge is 2.02. The zero-order valence-corrected chi connectivity index (χ0v) is 19.6. The Kier molecular flexibility index (Phi) is 12.3. The number of halogens is 1. The number of nitrogens with one attached hydrogen (secondary N) is 2. The van der Waals surface area contributed by atoms with Crippen molar-refractivity contribution in [2.45, 2.75) is 46.8 Å². The predicted molar refractivity (Wildman–Crippen MR) is 125 cm³/mol. The van der Waals surface area contributed by atoms with Gasteiger partial charge >= 0.3 is 0 Å². The van der Waals surface area contributed by atoms with Crippen LogP contribution in [0, 0.1) is 0 Å². The van der Waals surface area contributed by atoms with Gasteiger partial charge in [-0.3, -0.25) is 0 Å². The molecule has 0 atom stereocenters. The molecule has 1 heterocycles. The number of aliphatic imine (C=N–C) groups is 1. The van der Waals surface area contributed by atoms with Crippen LogP contribution in [-0.4, -0.2) is 30.6 Å². The zero-order valence-electron chi connectivity index (χ0n) is 16.5.